The van der Waals surface area contributed by atoms with Crippen molar-refractivity contribution in [1.29, 1.82) is 0 Å². The Kier molecular flexibility index (Phi) is 5.62. The van der Waals surface area contributed by atoms with Crippen LogP contribution in [0.5, 0.6) is 0 Å². The topological polar surface area (TPSA) is 78.7 Å². The van der Waals surface area contributed by atoms with Gasteiger partial charge in [-0.25, -0.2) is 0 Å². The van der Waals surface area contributed by atoms with E-state index >= 15 is 0 Å². The lowest BCUT2D eigenvalue weighted by Crippen LogP contribution is -2.48. The number of hydrogen-bond acceptors (Lipinski definition) is 5. The van der Waals surface area contributed by atoms with Gasteiger partial charge in [0.05, 0.1) is 0 Å². The van der Waals surface area contributed by atoms with Crippen molar-refractivity contribution in [3.05, 3.63) is 76.9 Å². The van der Waals surface area contributed by atoms with E-state index in [4.69, 9.17) is 4.42 Å². The first-order chi connectivity index (χ1) is 14.1. The number of rotatable bonds is 4. The molecule has 1 aromatic carbocycles. The van der Waals surface area contributed by atoms with Crippen LogP contribution in [0.1, 0.15) is 20.9 Å². The molecule has 2 amide bonds. The van der Waals surface area contributed by atoms with Crippen molar-refractivity contribution in [1.82, 2.24) is 9.88 Å². The molecule has 0 bridgehead atoms. The SMILES string of the molecule is O=C(Nc1ccc(C(=O)N2CCN(c3ccncc3)CC2)cc1)c1ccc(Br)o1. The molecule has 148 valence electrons. The minimum Gasteiger partial charge on any atom is -0.444 e. The van der Waals surface area contributed by atoms with Crippen LogP contribution >= 0.6 is 15.9 Å². The summed E-state index contributed by atoms with van der Waals surface area (Å²) in [5.74, 6) is -0.140. The third kappa shape index (κ3) is 4.48. The highest BCUT2D eigenvalue weighted by Crippen LogP contribution is 2.19. The highest BCUT2D eigenvalue weighted by Gasteiger charge is 2.22. The first kappa shape index (κ1) is 19.2. The molecule has 0 saturated carbocycles. The smallest absolute Gasteiger partial charge is 0.291 e. The molecule has 8 heteroatoms. The molecule has 0 spiro atoms. The van der Waals surface area contributed by atoms with Gasteiger partial charge in [-0.1, -0.05) is 0 Å². The molecule has 0 radical (unpaired) electrons. The fourth-order valence-corrected chi connectivity index (χ4v) is 3.54. The molecule has 4 rings (SSSR count). The number of aromatic nitrogens is 1. The van der Waals surface area contributed by atoms with E-state index in [2.05, 4.69) is 31.1 Å². The minimum absolute atomic E-state index is 0.00720. The van der Waals surface area contributed by atoms with Crippen molar-refractivity contribution in [3.63, 3.8) is 0 Å². The molecule has 1 fully saturated rings. The zero-order chi connectivity index (χ0) is 20.2. The molecule has 1 aliphatic rings. The maximum Gasteiger partial charge on any atom is 0.291 e. The Labute approximate surface area is 176 Å². The number of carbonyl (C=O) groups is 2. The van der Waals surface area contributed by atoms with E-state index in [0.717, 1.165) is 18.8 Å². The second-order valence-corrected chi connectivity index (χ2v) is 7.40. The molecule has 0 unspecified atom stereocenters. The molecule has 3 aromatic rings. The lowest BCUT2D eigenvalue weighted by atomic mass is 10.1. The lowest BCUT2D eigenvalue weighted by Gasteiger charge is -2.36. The molecular formula is C21H19BrN4O3. The maximum atomic E-state index is 12.8. The number of pyridine rings is 1. The molecule has 1 saturated heterocycles. The predicted molar refractivity (Wildman–Crippen MR) is 113 cm³/mol. The number of benzene rings is 1. The van der Waals surface area contributed by atoms with Crippen LogP contribution < -0.4 is 10.2 Å². The number of nitrogens with one attached hydrogen (secondary N) is 1. The van der Waals surface area contributed by atoms with Crippen LogP contribution in [-0.4, -0.2) is 47.9 Å². The summed E-state index contributed by atoms with van der Waals surface area (Å²) in [5, 5.41) is 2.75. The molecule has 0 aliphatic carbocycles. The molecule has 1 aliphatic heterocycles. The van der Waals surface area contributed by atoms with E-state index < -0.39 is 0 Å². The third-order valence-electron chi connectivity index (χ3n) is 4.78. The predicted octanol–water partition coefficient (Wildman–Crippen LogP) is 3.65. The standard InChI is InChI=1S/C21H19BrN4O3/c22-19-6-5-18(29-19)20(27)24-16-3-1-15(2-4-16)21(28)26-13-11-25(12-14-26)17-7-9-23-10-8-17/h1-10H,11-14H2,(H,24,27). The quantitative estimate of drug-likeness (QED) is 0.650. The number of amides is 2. The van der Waals surface area contributed by atoms with Gasteiger partial charge in [-0.3, -0.25) is 14.6 Å². The zero-order valence-corrected chi connectivity index (χ0v) is 17.1. The molecule has 1 N–H and O–H groups in total. The van der Waals surface area contributed by atoms with Gasteiger partial charge in [0.1, 0.15) is 0 Å². The summed E-state index contributed by atoms with van der Waals surface area (Å²) in [7, 11) is 0. The van der Waals surface area contributed by atoms with Crippen molar-refractivity contribution >= 4 is 39.1 Å². The Hall–Kier alpha value is -3.13. The average Bonchev–Trinajstić information content (AvgIpc) is 3.21. The Morgan fingerprint density at radius 1 is 0.931 bits per heavy atom. The van der Waals surface area contributed by atoms with E-state index in [1.807, 2.05) is 17.0 Å². The van der Waals surface area contributed by atoms with Crippen LogP contribution in [0, 0.1) is 0 Å². The van der Waals surface area contributed by atoms with Crippen LogP contribution in [0.2, 0.25) is 0 Å². The highest BCUT2D eigenvalue weighted by molar-refractivity contribution is 9.10. The fraction of sp³-hybridized carbons (Fsp3) is 0.190. The Bertz CT molecular complexity index is 996. The van der Waals surface area contributed by atoms with Gasteiger partial charge in [-0.05, 0) is 64.5 Å². The van der Waals surface area contributed by atoms with Crippen molar-refractivity contribution in [2.24, 2.45) is 0 Å². The second kappa shape index (κ2) is 8.48. The van der Waals surface area contributed by atoms with Gasteiger partial charge in [-0.2, -0.15) is 0 Å². The Morgan fingerprint density at radius 3 is 2.24 bits per heavy atom. The average molecular weight is 455 g/mol. The minimum atomic E-state index is -0.345. The van der Waals surface area contributed by atoms with Gasteiger partial charge >= 0.3 is 0 Å². The number of carbonyl (C=O) groups excluding carboxylic acids is 2. The summed E-state index contributed by atoms with van der Waals surface area (Å²) in [6, 6.07) is 14.1. The number of anilines is 2. The van der Waals surface area contributed by atoms with E-state index in [1.165, 1.54) is 0 Å². The molecule has 3 heterocycles. The van der Waals surface area contributed by atoms with Crippen molar-refractivity contribution in [2.45, 2.75) is 0 Å². The van der Waals surface area contributed by atoms with Gasteiger partial charge in [0.15, 0.2) is 10.4 Å². The Morgan fingerprint density at radius 2 is 1.62 bits per heavy atom. The van der Waals surface area contributed by atoms with Crippen LogP contribution in [0.15, 0.2) is 70.0 Å². The third-order valence-corrected chi connectivity index (χ3v) is 5.21. The van der Waals surface area contributed by atoms with Crippen molar-refractivity contribution in [2.75, 3.05) is 36.4 Å². The number of piperazine rings is 1. The largest absolute Gasteiger partial charge is 0.444 e. The van der Waals surface area contributed by atoms with E-state index in [9.17, 15) is 9.59 Å². The molecular weight excluding hydrogens is 436 g/mol. The molecule has 29 heavy (non-hydrogen) atoms. The fourth-order valence-electron chi connectivity index (χ4n) is 3.23. The molecule has 2 aromatic heterocycles. The number of halogens is 1. The first-order valence-corrected chi connectivity index (χ1v) is 10.0. The van der Waals surface area contributed by atoms with Gasteiger partial charge in [0.2, 0.25) is 0 Å². The second-order valence-electron chi connectivity index (χ2n) is 6.62. The maximum absolute atomic E-state index is 12.8. The molecule has 0 atom stereocenters. The van der Waals surface area contributed by atoms with Crippen LogP contribution in [0.3, 0.4) is 0 Å². The normalized spacial score (nSPS) is 14.0. The van der Waals surface area contributed by atoms with Gasteiger partial charge in [-0.15, -0.1) is 0 Å². The summed E-state index contributed by atoms with van der Waals surface area (Å²) in [5.41, 5.74) is 2.32. The lowest BCUT2D eigenvalue weighted by molar-refractivity contribution is 0.0746. The van der Waals surface area contributed by atoms with E-state index in [0.29, 0.717) is 29.0 Å². The number of nitrogens with zero attached hydrogens (tertiary/aromatic N) is 3. The van der Waals surface area contributed by atoms with Crippen LogP contribution in [0.4, 0.5) is 11.4 Å². The van der Waals surface area contributed by atoms with E-state index in [1.54, 1.807) is 48.8 Å². The van der Waals surface area contributed by atoms with E-state index in [-0.39, 0.29) is 17.6 Å². The van der Waals surface area contributed by atoms with Gasteiger partial charge in [0, 0.05) is 55.5 Å². The zero-order valence-electron chi connectivity index (χ0n) is 15.5. The van der Waals surface area contributed by atoms with Gasteiger partial charge in [0.25, 0.3) is 11.8 Å². The summed E-state index contributed by atoms with van der Waals surface area (Å²) in [6.07, 6.45) is 3.55. The Balaban J connectivity index is 1.34. The molecule has 7 nitrogen and oxygen atoms in total. The first-order valence-electron chi connectivity index (χ1n) is 9.21. The van der Waals surface area contributed by atoms with Crippen LogP contribution in [-0.2, 0) is 0 Å². The van der Waals surface area contributed by atoms with Crippen LogP contribution in [0.25, 0.3) is 0 Å². The number of hydrogen-bond donors (Lipinski definition) is 1. The highest BCUT2D eigenvalue weighted by atomic mass is 79.9. The van der Waals surface area contributed by atoms with Gasteiger partial charge < -0.3 is 19.5 Å². The summed E-state index contributed by atoms with van der Waals surface area (Å²) in [4.78, 5) is 33.1. The summed E-state index contributed by atoms with van der Waals surface area (Å²) >= 11 is 3.17. The summed E-state index contributed by atoms with van der Waals surface area (Å²) in [6.45, 7) is 2.88. The number of furan rings is 1. The summed E-state index contributed by atoms with van der Waals surface area (Å²) < 4.78 is 5.73. The monoisotopic (exact) mass is 454 g/mol. The van der Waals surface area contributed by atoms with Crippen molar-refractivity contribution < 1.29 is 14.0 Å². The van der Waals surface area contributed by atoms with Crippen molar-refractivity contribution in [3.8, 4) is 0 Å².